The molecule has 20 heavy (non-hydrogen) atoms. The zero-order valence-electron chi connectivity index (χ0n) is 11.9. The third-order valence-electron chi connectivity index (χ3n) is 2.95. The number of benzene rings is 1. The summed E-state index contributed by atoms with van der Waals surface area (Å²) in [5.41, 5.74) is 1.13. The molecule has 1 aromatic rings. The maximum Gasteiger partial charge on any atom is 0.335 e. The molecule has 108 valence electrons. The molecular formula is C15H20N2O3. The first-order valence-electron chi connectivity index (χ1n) is 6.42. The first-order chi connectivity index (χ1) is 9.49. The highest BCUT2D eigenvalue weighted by Crippen LogP contribution is 2.08. The molecule has 2 amide bonds. The third kappa shape index (κ3) is 4.12. The highest BCUT2D eigenvalue weighted by atomic mass is 16.4. The Labute approximate surface area is 119 Å². The van der Waals surface area contributed by atoms with Gasteiger partial charge in [-0.05, 0) is 24.6 Å². The Morgan fingerprint density at radius 2 is 1.90 bits per heavy atom. The molecule has 5 heteroatoms. The maximum atomic E-state index is 12.2. The Bertz CT molecular complexity index is 482. The van der Waals surface area contributed by atoms with Crippen molar-refractivity contribution in [2.24, 2.45) is 0 Å². The molecule has 0 spiro atoms. The molecule has 0 aliphatic heterocycles. The second kappa shape index (κ2) is 7.33. The fourth-order valence-corrected chi connectivity index (χ4v) is 1.83. The average molecular weight is 276 g/mol. The van der Waals surface area contributed by atoms with Crippen molar-refractivity contribution in [3.63, 3.8) is 0 Å². The second-order valence-corrected chi connectivity index (χ2v) is 4.47. The molecule has 0 heterocycles. The Kier molecular flexibility index (Phi) is 5.77. The molecule has 1 N–H and O–H groups in total. The van der Waals surface area contributed by atoms with E-state index in [4.69, 9.17) is 5.11 Å². The van der Waals surface area contributed by atoms with Gasteiger partial charge in [-0.15, -0.1) is 6.58 Å². The molecule has 1 rings (SSSR count). The highest BCUT2D eigenvalue weighted by Gasteiger charge is 2.15. The van der Waals surface area contributed by atoms with Gasteiger partial charge in [0.15, 0.2) is 0 Å². The van der Waals surface area contributed by atoms with E-state index in [9.17, 15) is 9.59 Å². The summed E-state index contributed by atoms with van der Waals surface area (Å²) in [4.78, 5) is 26.2. The number of carboxylic acids is 1. The van der Waals surface area contributed by atoms with Crippen LogP contribution in [-0.2, 0) is 6.54 Å². The number of hydrogen-bond acceptors (Lipinski definition) is 2. The van der Waals surface area contributed by atoms with Crippen molar-refractivity contribution in [3.8, 4) is 0 Å². The summed E-state index contributed by atoms with van der Waals surface area (Å²) >= 11 is 0. The van der Waals surface area contributed by atoms with E-state index in [-0.39, 0.29) is 11.6 Å². The minimum atomic E-state index is -0.955. The van der Waals surface area contributed by atoms with E-state index in [0.717, 1.165) is 5.56 Å². The van der Waals surface area contributed by atoms with Crippen molar-refractivity contribution in [2.45, 2.75) is 13.5 Å². The minimum absolute atomic E-state index is 0.0743. The lowest BCUT2D eigenvalue weighted by molar-refractivity contribution is 0.0697. The summed E-state index contributed by atoms with van der Waals surface area (Å²) < 4.78 is 0. The van der Waals surface area contributed by atoms with Gasteiger partial charge in [0.2, 0.25) is 0 Å². The number of carbonyl (C=O) groups is 2. The SMILES string of the molecule is C=CCN(CC)C(=O)N(C)Cc1ccc(C(=O)O)cc1. The lowest BCUT2D eigenvalue weighted by Crippen LogP contribution is -2.40. The lowest BCUT2D eigenvalue weighted by atomic mass is 10.1. The Balaban J connectivity index is 2.69. The van der Waals surface area contributed by atoms with Gasteiger partial charge < -0.3 is 14.9 Å². The monoisotopic (exact) mass is 276 g/mol. The molecular weight excluding hydrogens is 256 g/mol. The molecule has 0 aliphatic carbocycles. The molecule has 0 fully saturated rings. The van der Waals surface area contributed by atoms with Crippen LogP contribution in [0.5, 0.6) is 0 Å². The van der Waals surface area contributed by atoms with Crippen LogP contribution in [0.1, 0.15) is 22.8 Å². The van der Waals surface area contributed by atoms with Crippen molar-refractivity contribution in [2.75, 3.05) is 20.1 Å². The first-order valence-corrected chi connectivity index (χ1v) is 6.42. The van der Waals surface area contributed by atoms with Gasteiger partial charge in [-0.25, -0.2) is 9.59 Å². The van der Waals surface area contributed by atoms with Gasteiger partial charge in [-0.2, -0.15) is 0 Å². The molecule has 0 aliphatic rings. The standard InChI is InChI=1S/C15H20N2O3/c1-4-10-17(5-2)15(20)16(3)11-12-6-8-13(9-7-12)14(18)19/h4,6-9H,1,5,10-11H2,2-3H3,(H,18,19). The molecule has 1 aromatic carbocycles. The molecule has 0 atom stereocenters. The number of aromatic carboxylic acids is 1. The van der Waals surface area contributed by atoms with Crippen LogP contribution in [0.2, 0.25) is 0 Å². The second-order valence-electron chi connectivity index (χ2n) is 4.47. The van der Waals surface area contributed by atoms with Gasteiger partial charge in [0.1, 0.15) is 0 Å². The predicted octanol–water partition coefficient (Wildman–Crippen LogP) is 2.44. The van der Waals surface area contributed by atoms with E-state index in [1.165, 1.54) is 12.1 Å². The molecule has 0 bridgehead atoms. The van der Waals surface area contributed by atoms with Gasteiger partial charge >= 0.3 is 12.0 Å². The molecule has 0 radical (unpaired) electrons. The van der Waals surface area contributed by atoms with Crippen molar-refractivity contribution in [1.82, 2.24) is 9.80 Å². The van der Waals surface area contributed by atoms with Crippen LogP contribution in [0.3, 0.4) is 0 Å². The Morgan fingerprint density at radius 1 is 1.30 bits per heavy atom. The number of nitrogens with zero attached hydrogens (tertiary/aromatic N) is 2. The van der Waals surface area contributed by atoms with E-state index in [0.29, 0.717) is 19.6 Å². The topological polar surface area (TPSA) is 60.9 Å². The molecule has 5 nitrogen and oxygen atoms in total. The average Bonchev–Trinajstić information content (AvgIpc) is 2.44. The van der Waals surface area contributed by atoms with Crippen LogP contribution in [0.15, 0.2) is 36.9 Å². The van der Waals surface area contributed by atoms with Gasteiger partial charge in [0, 0.05) is 26.7 Å². The summed E-state index contributed by atoms with van der Waals surface area (Å²) in [6.45, 7) is 7.11. The van der Waals surface area contributed by atoms with Crippen LogP contribution in [-0.4, -0.2) is 47.0 Å². The summed E-state index contributed by atoms with van der Waals surface area (Å²) in [7, 11) is 1.72. The Morgan fingerprint density at radius 3 is 2.35 bits per heavy atom. The van der Waals surface area contributed by atoms with Crippen LogP contribution < -0.4 is 0 Å². The third-order valence-corrected chi connectivity index (χ3v) is 2.95. The number of carboxylic acid groups (broad SMARTS) is 1. The number of hydrogen-bond donors (Lipinski definition) is 1. The minimum Gasteiger partial charge on any atom is -0.478 e. The number of carbonyl (C=O) groups excluding carboxylic acids is 1. The van der Waals surface area contributed by atoms with Gasteiger partial charge in [-0.1, -0.05) is 18.2 Å². The van der Waals surface area contributed by atoms with Crippen LogP contribution in [0, 0.1) is 0 Å². The fourth-order valence-electron chi connectivity index (χ4n) is 1.83. The number of likely N-dealkylation sites (N-methyl/N-ethyl adjacent to an activating group) is 1. The zero-order chi connectivity index (χ0) is 15.1. The number of rotatable bonds is 6. The number of urea groups is 1. The summed E-state index contributed by atoms with van der Waals surface area (Å²) in [6, 6.07) is 6.44. The summed E-state index contributed by atoms with van der Waals surface area (Å²) in [6.07, 6.45) is 1.69. The van der Waals surface area contributed by atoms with E-state index in [2.05, 4.69) is 6.58 Å². The zero-order valence-corrected chi connectivity index (χ0v) is 11.9. The smallest absolute Gasteiger partial charge is 0.335 e. The number of amides is 2. The first kappa shape index (κ1) is 15.8. The van der Waals surface area contributed by atoms with Crippen molar-refractivity contribution >= 4 is 12.0 Å². The molecule has 0 saturated heterocycles. The van der Waals surface area contributed by atoms with Crippen molar-refractivity contribution in [3.05, 3.63) is 48.0 Å². The molecule has 0 aromatic heterocycles. The van der Waals surface area contributed by atoms with E-state index in [1.54, 1.807) is 35.1 Å². The maximum absolute atomic E-state index is 12.2. The summed E-state index contributed by atoms with van der Waals surface area (Å²) in [5, 5.41) is 8.83. The molecule has 0 saturated carbocycles. The highest BCUT2D eigenvalue weighted by molar-refractivity contribution is 5.87. The van der Waals surface area contributed by atoms with Crippen LogP contribution in [0.4, 0.5) is 4.79 Å². The summed E-state index contributed by atoms with van der Waals surface area (Å²) in [5.74, 6) is -0.955. The van der Waals surface area contributed by atoms with E-state index < -0.39 is 5.97 Å². The van der Waals surface area contributed by atoms with Crippen molar-refractivity contribution < 1.29 is 14.7 Å². The van der Waals surface area contributed by atoms with Crippen molar-refractivity contribution in [1.29, 1.82) is 0 Å². The van der Waals surface area contributed by atoms with E-state index >= 15 is 0 Å². The molecule has 0 unspecified atom stereocenters. The van der Waals surface area contributed by atoms with E-state index in [1.807, 2.05) is 6.92 Å². The lowest BCUT2D eigenvalue weighted by Gasteiger charge is -2.26. The largest absolute Gasteiger partial charge is 0.478 e. The van der Waals surface area contributed by atoms with Gasteiger partial charge in [0.25, 0.3) is 0 Å². The Hall–Kier alpha value is -2.30. The quantitative estimate of drug-likeness (QED) is 0.812. The fraction of sp³-hybridized carbons (Fsp3) is 0.333. The van der Waals surface area contributed by atoms with Crippen LogP contribution in [0.25, 0.3) is 0 Å². The normalized spacial score (nSPS) is 9.90. The predicted molar refractivity (Wildman–Crippen MR) is 77.7 cm³/mol. The van der Waals surface area contributed by atoms with Gasteiger partial charge in [0.05, 0.1) is 5.56 Å². The van der Waals surface area contributed by atoms with Gasteiger partial charge in [-0.3, -0.25) is 0 Å². The van der Waals surface area contributed by atoms with Crippen LogP contribution >= 0.6 is 0 Å².